The molecule has 3 N–H and O–H groups in total. The quantitative estimate of drug-likeness (QED) is 0.858. The molecule has 1 aromatic carbocycles. The van der Waals surface area contributed by atoms with Gasteiger partial charge in [0.1, 0.15) is 0 Å². The molecule has 3 rings (SSSR count). The highest BCUT2D eigenvalue weighted by Gasteiger charge is 2.40. The molecular formula is C16H24N2. The molecule has 0 bridgehead atoms. The lowest BCUT2D eigenvalue weighted by atomic mass is 9.91. The van der Waals surface area contributed by atoms with Crippen LogP contribution >= 0.6 is 0 Å². The van der Waals surface area contributed by atoms with Crippen molar-refractivity contribution in [1.82, 2.24) is 5.32 Å². The zero-order valence-corrected chi connectivity index (χ0v) is 11.2. The molecule has 2 aliphatic carbocycles. The van der Waals surface area contributed by atoms with Gasteiger partial charge >= 0.3 is 0 Å². The van der Waals surface area contributed by atoms with E-state index < -0.39 is 0 Å². The molecule has 0 amide bonds. The van der Waals surface area contributed by atoms with E-state index in [2.05, 4.69) is 36.5 Å². The molecule has 0 aromatic heterocycles. The van der Waals surface area contributed by atoms with Crippen molar-refractivity contribution in [1.29, 1.82) is 0 Å². The molecule has 0 radical (unpaired) electrons. The Labute approximate surface area is 110 Å². The van der Waals surface area contributed by atoms with Crippen molar-refractivity contribution >= 4 is 0 Å². The lowest BCUT2D eigenvalue weighted by Gasteiger charge is -2.27. The van der Waals surface area contributed by atoms with Crippen LogP contribution < -0.4 is 11.1 Å². The average Bonchev–Trinajstić information content (AvgIpc) is 3.12. The number of rotatable bonds is 3. The molecule has 2 saturated carbocycles. The molecule has 2 atom stereocenters. The first kappa shape index (κ1) is 12.2. The fourth-order valence-corrected chi connectivity index (χ4v) is 3.31. The van der Waals surface area contributed by atoms with Crippen LogP contribution in [0, 0.1) is 6.92 Å². The summed E-state index contributed by atoms with van der Waals surface area (Å²) in [6.07, 6.45) is 6.22. The van der Waals surface area contributed by atoms with Gasteiger partial charge in [0, 0.05) is 24.0 Å². The smallest absolute Gasteiger partial charge is 0.0145 e. The topological polar surface area (TPSA) is 38.0 Å². The summed E-state index contributed by atoms with van der Waals surface area (Å²) in [5.41, 5.74) is 8.94. The van der Waals surface area contributed by atoms with Crippen LogP contribution in [0.1, 0.15) is 49.1 Å². The van der Waals surface area contributed by atoms with Crippen LogP contribution in [-0.2, 0) is 0 Å². The number of benzene rings is 1. The van der Waals surface area contributed by atoms with E-state index in [-0.39, 0.29) is 0 Å². The number of hydrogen-bond acceptors (Lipinski definition) is 2. The van der Waals surface area contributed by atoms with E-state index in [1.165, 1.54) is 37.7 Å². The Morgan fingerprint density at radius 1 is 1.11 bits per heavy atom. The van der Waals surface area contributed by atoms with Gasteiger partial charge in [-0.3, -0.25) is 0 Å². The molecule has 2 nitrogen and oxygen atoms in total. The Morgan fingerprint density at radius 2 is 1.83 bits per heavy atom. The Hall–Kier alpha value is -0.860. The summed E-state index contributed by atoms with van der Waals surface area (Å²) in [7, 11) is 0. The summed E-state index contributed by atoms with van der Waals surface area (Å²) in [6, 6.07) is 10.7. The van der Waals surface area contributed by atoms with E-state index in [4.69, 9.17) is 5.73 Å². The minimum atomic E-state index is 0.453. The van der Waals surface area contributed by atoms with Crippen molar-refractivity contribution in [2.75, 3.05) is 0 Å². The van der Waals surface area contributed by atoms with Crippen LogP contribution in [-0.4, -0.2) is 18.1 Å². The van der Waals surface area contributed by atoms with E-state index in [1.807, 2.05) is 0 Å². The minimum absolute atomic E-state index is 0.453. The number of hydrogen-bond donors (Lipinski definition) is 2. The molecule has 2 heteroatoms. The zero-order valence-electron chi connectivity index (χ0n) is 11.2. The van der Waals surface area contributed by atoms with Crippen molar-refractivity contribution in [3.05, 3.63) is 35.4 Å². The maximum Gasteiger partial charge on any atom is 0.0145 e. The van der Waals surface area contributed by atoms with E-state index in [1.54, 1.807) is 5.56 Å². The van der Waals surface area contributed by atoms with Crippen molar-refractivity contribution in [2.45, 2.75) is 63.1 Å². The number of nitrogens with one attached hydrogen (secondary N) is 1. The van der Waals surface area contributed by atoms with Crippen LogP contribution in [0.25, 0.3) is 0 Å². The highest BCUT2D eigenvalue weighted by molar-refractivity contribution is 5.35. The lowest BCUT2D eigenvalue weighted by Crippen LogP contribution is -2.38. The SMILES string of the molecule is Cc1ccccc1[C@@H]1C[C@H]1NC1CCC(N)CC1. The van der Waals surface area contributed by atoms with Gasteiger partial charge in [-0.1, -0.05) is 24.3 Å². The van der Waals surface area contributed by atoms with Gasteiger partial charge in [-0.15, -0.1) is 0 Å². The fraction of sp³-hybridized carbons (Fsp3) is 0.625. The summed E-state index contributed by atoms with van der Waals surface area (Å²) in [5, 5.41) is 3.83. The van der Waals surface area contributed by atoms with Crippen molar-refractivity contribution in [3.8, 4) is 0 Å². The monoisotopic (exact) mass is 244 g/mol. The maximum atomic E-state index is 5.95. The third-order valence-corrected chi connectivity index (χ3v) is 4.60. The van der Waals surface area contributed by atoms with Gasteiger partial charge in [-0.25, -0.2) is 0 Å². The average molecular weight is 244 g/mol. The van der Waals surface area contributed by atoms with Gasteiger partial charge in [0.05, 0.1) is 0 Å². The molecule has 0 heterocycles. The normalized spacial score (nSPS) is 35.4. The van der Waals surface area contributed by atoms with Gasteiger partial charge in [-0.05, 0) is 50.2 Å². The van der Waals surface area contributed by atoms with E-state index in [0.29, 0.717) is 18.1 Å². The first-order chi connectivity index (χ1) is 8.74. The van der Waals surface area contributed by atoms with Gasteiger partial charge < -0.3 is 11.1 Å². The first-order valence-corrected chi connectivity index (χ1v) is 7.31. The summed E-state index contributed by atoms with van der Waals surface area (Å²) in [4.78, 5) is 0. The lowest BCUT2D eigenvalue weighted by molar-refractivity contribution is 0.339. The number of nitrogens with two attached hydrogens (primary N) is 1. The molecule has 98 valence electrons. The number of aryl methyl sites for hydroxylation is 1. The predicted molar refractivity (Wildman–Crippen MR) is 75.7 cm³/mol. The van der Waals surface area contributed by atoms with Crippen molar-refractivity contribution < 1.29 is 0 Å². The van der Waals surface area contributed by atoms with E-state index in [9.17, 15) is 0 Å². The summed E-state index contributed by atoms with van der Waals surface area (Å²) in [5.74, 6) is 0.752. The van der Waals surface area contributed by atoms with Crippen molar-refractivity contribution in [2.24, 2.45) is 5.73 Å². The second-order valence-electron chi connectivity index (χ2n) is 6.08. The highest BCUT2D eigenvalue weighted by atomic mass is 15.0. The van der Waals surface area contributed by atoms with Crippen LogP contribution in [0.4, 0.5) is 0 Å². The van der Waals surface area contributed by atoms with E-state index in [0.717, 1.165) is 5.92 Å². The largest absolute Gasteiger partial charge is 0.328 e. The van der Waals surface area contributed by atoms with E-state index >= 15 is 0 Å². The zero-order chi connectivity index (χ0) is 12.5. The molecule has 2 aliphatic rings. The van der Waals surface area contributed by atoms with Gasteiger partial charge in [0.15, 0.2) is 0 Å². The third kappa shape index (κ3) is 2.60. The minimum Gasteiger partial charge on any atom is -0.328 e. The Kier molecular flexibility index (Phi) is 3.40. The van der Waals surface area contributed by atoms with Crippen LogP contribution in [0.2, 0.25) is 0 Å². The Bertz CT molecular complexity index is 407. The van der Waals surface area contributed by atoms with Gasteiger partial charge in [0.2, 0.25) is 0 Å². The van der Waals surface area contributed by atoms with Crippen LogP contribution in [0.15, 0.2) is 24.3 Å². The maximum absolute atomic E-state index is 5.95. The predicted octanol–water partition coefficient (Wildman–Crippen LogP) is 2.71. The Morgan fingerprint density at radius 3 is 2.56 bits per heavy atom. The van der Waals surface area contributed by atoms with Gasteiger partial charge in [-0.2, -0.15) is 0 Å². The van der Waals surface area contributed by atoms with Crippen molar-refractivity contribution in [3.63, 3.8) is 0 Å². The molecule has 18 heavy (non-hydrogen) atoms. The highest BCUT2D eigenvalue weighted by Crippen LogP contribution is 2.42. The summed E-state index contributed by atoms with van der Waals surface area (Å²) in [6.45, 7) is 2.23. The standard InChI is InChI=1S/C16H24N2/c1-11-4-2-3-5-14(11)15-10-16(15)18-13-8-6-12(17)7-9-13/h2-5,12-13,15-16,18H,6-10,17H2,1H3/t12?,13?,15-,16+/m0/s1. The summed E-state index contributed by atoms with van der Waals surface area (Å²) < 4.78 is 0. The molecule has 1 aromatic rings. The molecule has 0 saturated heterocycles. The molecular weight excluding hydrogens is 220 g/mol. The van der Waals surface area contributed by atoms with Crippen LogP contribution in [0.3, 0.4) is 0 Å². The second-order valence-corrected chi connectivity index (χ2v) is 6.08. The fourth-order valence-electron chi connectivity index (χ4n) is 3.31. The van der Waals surface area contributed by atoms with Crippen LogP contribution in [0.5, 0.6) is 0 Å². The first-order valence-electron chi connectivity index (χ1n) is 7.31. The third-order valence-electron chi connectivity index (χ3n) is 4.60. The van der Waals surface area contributed by atoms with Gasteiger partial charge in [0.25, 0.3) is 0 Å². The molecule has 0 unspecified atom stereocenters. The molecule has 2 fully saturated rings. The molecule has 0 spiro atoms. The summed E-state index contributed by atoms with van der Waals surface area (Å²) >= 11 is 0. The molecule has 0 aliphatic heterocycles. The second kappa shape index (κ2) is 5.02. The Balaban J connectivity index is 1.54.